The Morgan fingerprint density at radius 2 is 1.87 bits per heavy atom. The zero-order chi connectivity index (χ0) is 27.9. The lowest BCUT2D eigenvalue weighted by molar-refractivity contribution is -0.123. The zero-order valence-electron chi connectivity index (χ0n) is 21.0. The van der Waals surface area contributed by atoms with Crippen molar-refractivity contribution in [2.45, 2.75) is 6.92 Å². The molecule has 0 aliphatic carbocycles. The summed E-state index contributed by atoms with van der Waals surface area (Å²) in [6, 6.07) is 17.8. The van der Waals surface area contributed by atoms with E-state index in [1.807, 2.05) is 25.1 Å². The number of nitrogens with zero attached hydrogens (tertiary/aromatic N) is 1. The van der Waals surface area contributed by atoms with Gasteiger partial charge in [0.25, 0.3) is 17.1 Å². The van der Waals surface area contributed by atoms with E-state index < -0.39 is 5.91 Å². The van der Waals surface area contributed by atoms with Crippen LogP contribution in [0.4, 0.5) is 10.5 Å². The summed E-state index contributed by atoms with van der Waals surface area (Å²) in [5.41, 5.74) is 2.31. The summed E-state index contributed by atoms with van der Waals surface area (Å²) in [5, 5.41) is 2.85. The summed E-state index contributed by atoms with van der Waals surface area (Å²) >= 11 is 10.4. The lowest BCUT2D eigenvalue weighted by Crippen LogP contribution is -2.32. The van der Waals surface area contributed by atoms with Crippen LogP contribution in [-0.2, 0) is 9.59 Å². The number of rotatable bonds is 10. The highest BCUT2D eigenvalue weighted by Gasteiger charge is 2.35. The maximum Gasteiger partial charge on any atom is 0.293 e. The van der Waals surface area contributed by atoms with Gasteiger partial charge >= 0.3 is 0 Å². The fourth-order valence-corrected chi connectivity index (χ4v) is 5.30. The number of benzene rings is 3. The van der Waals surface area contributed by atoms with Gasteiger partial charge in [-0.3, -0.25) is 19.3 Å². The number of amides is 3. The minimum Gasteiger partial charge on any atom is -0.493 e. The van der Waals surface area contributed by atoms with Crippen molar-refractivity contribution in [2.24, 2.45) is 0 Å². The summed E-state index contributed by atoms with van der Waals surface area (Å²) in [6.45, 7) is 1.89. The summed E-state index contributed by atoms with van der Waals surface area (Å²) in [4.78, 5) is 39.2. The average molecular weight is 632 g/mol. The molecule has 0 atom stereocenters. The largest absolute Gasteiger partial charge is 0.493 e. The van der Waals surface area contributed by atoms with Gasteiger partial charge in [-0.1, -0.05) is 35.9 Å². The van der Waals surface area contributed by atoms with E-state index in [2.05, 4.69) is 21.2 Å². The predicted octanol–water partition coefficient (Wildman–Crippen LogP) is 6.55. The number of carbonyl (C=O) groups excluding carboxylic acids is 3. The van der Waals surface area contributed by atoms with Gasteiger partial charge in [0.2, 0.25) is 0 Å². The molecular formula is C28H24BrClN2O6S. The lowest BCUT2D eigenvalue weighted by atomic mass is 10.2. The van der Waals surface area contributed by atoms with Crippen molar-refractivity contribution < 1.29 is 28.6 Å². The molecule has 0 unspecified atom stereocenters. The average Bonchev–Trinajstić information content (AvgIpc) is 3.16. The molecule has 0 spiro atoms. The molecule has 1 heterocycles. The predicted molar refractivity (Wildman–Crippen MR) is 156 cm³/mol. The maximum atomic E-state index is 12.9. The van der Waals surface area contributed by atoms with Gasteiger partial charge in [-0.15, -0.1) is 0 Å². The van der Waals surface area contributed by atoms with Crippen LogP contribution in [0.5, 0.6) is 17.2 Å². The Labute approximate surface area is 243 Å². The third-order valence-corrected chi connectivity index (χ3v) is 7.29. The standard InChI is InChI=1S/C28H24BrClN2O6S/c1-17-6-5-7-19(12-17)31-25(33)16-38-26-20(29)13-18(14-23(26)36-2)15-24-27(34)32(28(35)39-24)10-11-37-22-9-4-3-8-21(22)30/h3-9,12-15H,10-11,16H2,1-2H3,(H,31,33)/b24-15-. The second-order valence-electron chi connectivity index (χ2n) is 8.35. The van der Waals surface area contributed by atoms with Gasteiger partial charge in [-0.25, -0.2) is 0 Å². The van der Waals surface area contributed by atoms with Gasteiger partial charge in [0, 0.05) is 5.69 Å². The third-order valence-electron chi connectivity index (χ3n) is 5.48. The number of carbonyl (C=O) groups is 3. The van der Waals surface area contributed by atoms with Gasteiger partial charge in [0.05, 0.1) is 28.1 Å². The van der Waals surface area contributed by atoms with E-state index in [4.69, 9.17) is 25.8 Å². The molecule has 3 aromatic carbocycles. The third kappa shape index (κ3) is 7.35. The minimum atomic E-state index is -0.420. The first kappa shape index (κ1) is 28.5. The summed E-state index contributed by atoms with van der Waals surface area (Å²) < 4.78 is 17.3. The Morgan fingerprint density at radius 3 is 2.62 bits per heavy atom. The van der Waals surface area contributed by atoms with Crippen LogP contribution in [0.2, 0.25) is 5.02 Å². The molecule has 202 valence electrons. The molecule has 39 heavy (non-hydrogen) atoms. The topological polar surface area (TPSA) is 94.2 Å². The molecular weight excluding hydrogens is 608 g/mol. The number of hydrogen-bond acceptors (Lipinski definition) is 7. The smallest absolute Gasteiger partial charge is 0.293 e. The fraction of sp³-hybridized carbons (Fsp3) is 0.179. The number of imide groups is 1. The first-order chi connectivity index (χ1) is 18.7. The number of halogens is 2. The fourth-order valence-electron chi connectivity index (χ4n) is 3.67. The molecule has 1 aliphatic rings. The highest BCUT2D eigenvalue weighted by atomic mass is 79.9. The molecule has 0 bridgehead atoms. The summed E-state index contributed by atoms with van der Waals surface area (Å²) in [6.07, 6.45) is 1.60. The van der Waals surface area contributed by atoms with Gasteiger partial charge in [-0.05, 0) is 88.2 Å². The summed E-state index contributed by atoms with van der Waals surface area (Å²) in [5.74, 6) is 0.417. The van der Waals surface area contributed by atoms with Crippen molar-refractivity contribution in [3.63, 3.8) is 0 Å². The van der Waals surface area contributed by atoms with Crippen molar-refractivity contribution in [1.82, 2.24) is 4.90 Å². The molecule has 0 radical (unpaired) electrons. The van der Waals surface area contributed by atoms with Crippen LogP contribution in [0.3, 0.4) is 0 Å². The molecule has 1 N–H and O–H groups in total. The van der Waals surface area contributed by atoms with E-state index in [1.165, 1.54) is 7.11 Å². The van der Waals surface area contributed by atoms with Crippen molar-refractivity contribution >= 4 is 68.1 Å². The van der Waals surface area contributed by atoms with Crippen LogP contribution in [0.1, 0.15) is 11.1 Å². The molecule has 1 saturated heterocycles. The van der Waals surface area contributed by atoms with E-state index in [0.717, 1.165) is 22.2 Å². The quantitative estimate of drug-likeness (QED) is 0.254. The molecule has 1 fully saturated rings. The molecule has 0 aromatic heterocycles. The van der Waals surface area contributed by atoms with E-state index in [0.29, 0.717) is 38.0 Å². The molecule has 11 heteroatoms. The van der Waals surface area contributed by atoms with Crippen LogP contribution in [-0.4, -0.2) is 48.8 Å². The zero-order valence-corrected chi connectivity index (χ0v) is 24.2. The maximum absolute atomic E-state index is 12.9. The van der Waals surface area contributed by atoms with E-state index in [9.17, 15) is 14.4 Å². The van der Waals surface area contributed by atoms with Gasteiger partial charge in [0.1, 0.15) is 12.4 Å². The number of nitrogens with one attached hydrogen (secondary N) is 1. The van der Waals surface area contributed by atoms with Crippen LogP contribution >= 0.6 is 39.3 Å². The molecule has 8 nitrogen and oxygen atoms in total. The van der Waals surface area contributed by atoms with E-state index in [1.54, 1.807) is 48.5 Å². The number of anilines is 1. The second kappa shape index (κ2) is 13.1. The van der Waals surface area contributed by atoms with Crippen molar-refractivity contribution in [3.8, 4) is 17.2 Å². The van der Waals surface area contributed by atoms with Crippen LogP contribution < -0.4 is 19.5 Å². The molecule has 1 aliphatic heterocycles. The lowest BCUT2D eigenvalue weighted by Gasteiger charge is -2.14. The number of methoxy groups -OCH3 is 1. The Bertz CT molecular complexity index is 1450. The SMILES string of the molecule is COc1cc(/C=C2\SC(=O)N(CCOc3ccccc3Cl)C2=O)cc(Br)c1OCC(=O)Nc1cccc(C)c1. The van der Waals surface area contributed by atoms with Gasteiger partial charge < -0.3 is 19.5 Å². The molecule has 3 amide bonds. The van der Waals surface area contributed by atoms with Crippen LogP contribution in [0.15, 0.2) is 70.0 Å². The van der Waals surface area contributed by atoms with Crippen LogP contribution in [0, 0.1) is 6.92 Å². The van der Waals surface area contributed by atoms with Gasteiger partial charge in [0.15, 0.2) is 18.1 Å². The Balaban J connectivity index is 1.40. The first-order valence-electron chi connectivity index (χ1n) is 11.7. The van der Waals surface area contributed by atoms with Crippen LogP contribution in [0.25, 0.3) is 6.08 Å². The van der Waals surface area contributed by atoms with Crippen molar-refractivity contribution in [1.29, 1.82) is 0 Å². The molecule has 4 rings (SSSR count). The highest BCUT2D eigenvalue weighted by Crippen LogP contribution is 2.39. The number of aryl methyl sites for hydroxylation is 1. The molecule has 0 saturated carbocycles. The van der Waals surface area contributed by atoms with E-state index in [-0.39, 0.29) is 35.8 Å². The number of thioether (sulfide) groups is 1. The normalized spacial score (nSPS) is 14.1. The highest BCUT2D eigenvalue weighted by molar-refractivity contribution is 9.10. The van der Waals surface area contributed by atoms with Crippen molar-refractivity contribution in [2.75, 3.05) is 32.2 Å². The Morgan fingerprint density at radius 1 is 1.08 bits per heavy atom. The molecule has 3 aromatic rings. The second-order valence-corrected chi connectivity index (χ2v) is 10.6. The first-order valence-corrected chi connectivity index (χ1v) is 13.7. The number of para-hydroxylation sites is 1. The number of hydrogen-bond donors (Lipinski definition) is 1. The minimum absolute atomic E-state index is 0.0810. The monoisotopic (exact) mass is 630 g/mol. The number of ether oxygens (including phenoxy) is 3. The Kier molecular flexibility index (Phi) is 9.55. The Hall–Kier alpha value is -3.47. The van der Waals surface area contributed by atoms with Gasteiger partial charge in [-0.2, -0.15) is 0 Å². The summed E-state index contributed by atoms with van der Waals surface area (Å²) in [7, 11) is 1.47. The van der Waals surface area contributed by atoms with E-state index >= 15 is 0 Å². The van der Waals surface area contributed by atoms with Crippen molar-refractivity contribution in [3.05, 3.63) is 86.2 Å².